The number of nitrogens with one attached hydrogen (secondary N) is 1. The lowest BCUT2D eigenvalue weighted by atomic mass is 10.1. The largest absolute Gasteiger partial charge is 0.481 e. The van der Waals surface area contributed by atoms with Gasteiger partial charge in [0.15, 0.2) is 0 Å². The van der Waals surface area contributed by atoms with Crippen molar-refractivity contribution in [3.63, 3.8) is 0 Å². The molecule has 0 spiro atoms. The van der Waals surface area contributed by atoms with E-state index in [0.29, 0.717) is 5.69 Å². The maximum absolute atomic E-state index is 11.9. The van der Waals surface area contributed by atoms with Crippen LogP contribution in [-0.4, -0.2) is 43.9 Å². The first kappa shape index (κ1) is 16.7. The van der Waals surface area contributed by atoms with E-state index in [1.54, 1.807) is 18.7 Å². The van der Waals surface area contributed by atoms with E-state index in [2.05, 4.69) is 10.4 Å². The van der Waals surface area contributed by atoms with Crippen molar-refractivity contribution in [2.75, 3.05) is 0 Å². The third-order valence-corrected chi connectivity index (χ3v) is 3.28. The van der Waals surface area contributed by atoms with Gasteiger partial charge in [-0.05, 0) is 20.3 Å². The number of carboxylic acids is 2. The van der Waals surface area contributed by atoms with Crippen LogP contribution in [0.3, 0.4) is 0 Å². The minimum Gasteiger partial charge on any atom is -0.481 e. The molecule has 1 aromatic rings. The Kier molecular flexibility index (Phi) is 5.45. The minimum absolute atomic E-state index is 0.0162. The number of hydrogen-bond donors (Lipinski definition) is 3. The predicted molar refractivity (Wildman–Crippen MR) is 72.8 cm³/mol. The molecule has 0 bridgehead atoms. The molecule has 8 heteroatoms. The molecular formula is C13H19N3O5. The second-order valence-electron chi connectivity index (χ2n) is 4.84. The van der Waals surface area contributed by atoms with Crippen LogP contribution in [0.1, 0.15) is 29.8 Å². The van der Waals surface area contributed by atoms with Crippen LogP contribution in [0.15, 0.2) is 0 Å². The summed E-state index contributed by atoms with van der Waals surface area (Å²) in [6.45, 7) is 3.59. The fourth-order valence-electron chi connectivity index (χ4n) is 2.00. The van der Waals surface area contributed by atoms with Crippen LogP contribution in [-0.2, 0) is 27.9 Å². The fraction of sp³-hybridized carbons (Fsp3) is 0.538. The highest BCUT2D eigenvalue weighted by atomic mass is 16.4. The number of amides is 1. The van der Waals surface area contributed by atoms with Crippen LogP contribution in [0, 0.1) is 13.8 Å². The van der Waals surface area contributed by atoms with Crippen molar-refractivity contribution in [3.05, 3.63) is 17.0 Å². The first-order valence-corrected chi connectivity index (χ1v) is 6.45. The molecule has 1 aromatic heterocycles. The van der Waals surface area contributed by atoms with Crippen LogP contribution in [0.2, 0.25) is 0 Å². The molecule has 3 N–H and O–H groups in total. The molecule has 116 valence electrons. The Morgan fingerprint density at radius 1 is 1.29 bits per heavy atom. The lowest BCUT2D eigenvalue weighted by Crippen LogP contribution is -2.41. The number of aliphatic carboxylic acids is 2. The molecule has 1 rings (SSSR count). The molecule has 21 heavy (non-hydrogen) atoms. The van der Waals surface area contributed by atoms with Gasteiger partial charge >= 0.3 is 11.9 Å². The molecule has 0 aliphatic carbocycles. The summed E-state index contributed by atoms with van der Waals surface area (Å²) in [4.78, 5) is 33.4. The summed E-state index contributed by atoms with van der Waals surface area (Å²) in [6, 6.07) is -1.20. The Morgan fingerprint density at radius 2 is 1.90 bits per heavy atom. The quantitative estimate of drug-likeness (QED) is 0.652. The standard InChI is InChI=1S/C13H19N3O5/c1-7-9(8(2)16(3)15-7)6-11(17)14-10(13(20)21)4-5-12(18)19/h10H,4-6H2,1-3H3,(H,14,17)(H,18,19)(H,20,21). The van der Waals surface area contributed by atoms with Gasteiger partial charge in [0.25, 0.3) is 0 Å². The summed E-state index contributed by atoms with van der Waals surface area (Å²) < 4.78 is 1.65. The molecule has 8 nitrogen and oxygen atoms in total. The summed E-state index contributed by atoms with van der Waals surface area (Å²) in [5.41, 5.74) is 2.29. The van der Waals surface area contributed by atoms with E-state index in [0.717, 1.165) is 11.3 Å². The van der Waals surface area contributed by atoms with Crippen LogP contribution in [0.25, 0.3) is 0 Å². The van der Waals surface area contributed by atoms with Crippen molar-refractivity contribution < 1.29 is 24.6 Å². The highest BCUT2D eigenvalue weighted by Crippen LogP contribution is 2.12. The van der Waals surface area contributed by atoms with Gasteiger partial charge in [-0.1, -0.05) is 0 Å². The number of rotatable bonds is 7. The SMILES string of the molecule is Cc1nn(C)c(C)c1CC(=O)NC(CCC(=O)O)C(=O)O. The summed E-state index contributed by atoms with van der Waals surface area (Å²) >= 11 is 0. The third kappa shape index (κ3) is 4.59. The molecule has 0 saturated heterocycles. The summed E-state index contributed by atoms with van der Waals surface area (Å²) in [6.07, 6.45) is -0.452. The van der Waals surface area contributed by atoms with Gasteiger partial charge in [0, 0.05) is 24.7 Å². The number of aryl methyl sites for hydroxylation is 2. The van der Waals surface area contributed by atoms with Crippen molar-refractivity contribution >= 4 is 17.8 Å². The van der Waals surface area contributed by atoms with E-state index >= 15 is 0 Å². The Balaban J connectivity index is 2.70. The van der Waals surface area contributed by atoms with E-state index in [-0.39, 0.29) is 19.3 Å². The average Bonchev–Trinajstić information content (AvgIpc) is 2.60. The zero-order valence-electron chi connectivity index (χ0n) is 12.2. The van der Waals surface area contributed by atoms with Gasteiger partial charge in [0.1, 0.15) is 6.04 Å². The zero-order valence-corrected chi connectivity index (χ0v) is 12.2. The first-order chi connectivity index (χ1) is 9.72. The van der Waals surface area contributed by atoms with Crippen LogP contribution >= 0.6 is 0 Å². The van der Waals surface area contributed by atoms with Crippen molar-refractivity contribution in [1.29, 1.82) is 0 Å². The van der Waals surface area contributed by atoms with Gasteiger partial charge in [0.2, 0.25) is 5.91 Å². The van der Waals surface area contributed by atoms with Crippen LogP contribution in [0.4, 0.5) is 0 Å². The van der Waals surface area contributed by atoms with Gasteiger partial charge < -0.3 is 15.5 Å². The second-order valence-corrected chi connectivity index (χ2v) is 4.84. The molecule has 1 amide bonds. The summed E-state index contributed by atoms with van der Waals surface area (Å²) in [5, 5.41) is 24.1. The number of carbonyl (C=O) groups is 3. The number of aromatic nitrogens is 2. The summed E-state index contributed by atoms with van der Waals surface area (Å²) in [5.74, 6) is -2.81. The van der Waals surface area contributed by atoms with Crippen molar-refractivity contribution in [2.45, 2.75) is 39.2 Å². The van der Waals surface area contributed by atoms with Gasteiger partial charge in [-0.3, -0.25) is 14.3 Å². The van der Waals surface area contributed by atoms with E-state index in [4.69, 9.17) is 10.2 Å². The Morgan fingerprint density at radius 3 is 2.33 bits per heavy atom. The van der Waals surface area contributed by atoms with Crippen LogP contribution < -0.4 is 5.32 Å². The average molecular weight is 297 g/mol. The Hall–Kier alpha value is -2.38. The minimum atomic E-state index is -1.25. The maximum Gasteiger partial charge on any atom is 0.326 e. The molecular weight excluding hydrogens is 278 g/mol. The van der Waals surface area contributed by atoms with Crippen LogP contribution in [0.5, 0.6) is 0 Å². The zero-order chi connectivity index (χ0) is 16.2. The van der Waals surface area contributed by atoms with E-state index < -0.39 is 23.9 Å². The monoisotopic (exact) mass is 297 g/mol. The Labute approximate surface area is 121 Å². The predicted octanol–water partition coefficient (Wildman–Crippen LogP) is 0.0136. The van der Waals surface area contributed by atoms with Crippen molar-refractivity contribution in [2.24, 2.45) is 7.05 Å². The van der Waals surface area contributed by atoms with Gasteiger partial charge in [0.05, 0.1) is 12.1 Å². The van der Waals surface area contributed by atoms with Crippen molar-refractivity contribution in [1.82, 2.24) is 15.1 Å². The van der Waals surface area contributed by atoms with Gasteiger partial charge in [-0.15, -0.1) is 0 Å². The van der Waals surface area contributed by atoms with Gasteiger partial charge in [-0.25, -0.2) is 4.79 Å². The molecule has 1 heterocycles. The third-order valence-electron chi connectivity index (χ3n) is 3.28. The summed E-state index contributed by atoms with van der Waals surface area (Å²) in [7, 11) is 1.76. The molecule has 0 fully saturated rings. The van der Waals surface area contributed by atoms with E-state index in [1.165, 1.54) is 0 Å². The molecule has 1 unspecified atom stereocenters. The number of carbonyl (C=O) groups excluding carboxylic acids is 1. The normalized spacial score (nSPS) is 12.0. The van der Waals surface area contributed by atoms with Crippen molar-refractivity contribution in [3.8, 4) is 0 Å². The Bertz CT molecular complexity index is 564. The highest BCUT2D eigenvalue weighted by Gasteiger charge is 2.22. The lowest BCUT2D eigenvalue weighted by molar-refractivity contribution is -0.143. The molecule has 0 saturated carbocycles. The topological polar surface area (TPSA) is 122 Å². The smallest absolute Gasteiger partial charge is 0.326 e. The number of hydrogen-bond acceptors (Lipinski definition) is 4. The van der Waals surface area contributed by atoms with Gasteiger partial charge in [-0.2, -0.15) is 5.10 Å². The molecule has 0 aliphatic rings. The second kappa shape index (κ2) is 6.87. The molecule has 1 atom stereocenters. The molecule has 0 aliphatic heterocycles. The van der Waals surface area contributed by atoms with E-state index in [9.17, 15) is 14.4 Å². The number of carboxylic acid groups (broad SMARTS) is 2. The lowest BCUT2D eigenvalue weighted by Gasteiger charge is -2.13. The number of nitrogens with zero attached hydrogens (tertiary/aromatic N) is 2. The first-order valence-electron chi connectivity index (χ1n) is 6.45. The van der Waals surface area contributed by atoms with E-state index in [1.807, 2.05) is 6.92 Å². The maximum atomic E-state index is 11.9. The molecule has 0 aromatic carbocycles. The molecule has 0 radical (unpaired) electrons. The fourth-order valence-corrected chi connectivity index (χ4v) is 2.00. The highest BCUT2D eigenvalue weighted by molar-refractivity contribution is 5.85.